The molecule has 0 unspecified atom stereocenters. The molecule has 0 aromatic carbocycles. The molecule has 0 fully saturated rings. The van der Waals surface area contributed by atoms with E-state index < -0.39 is 0 Å². The van der Waals surface area contributed by atoms with Gasteiger partial charge in [0.25, 0.3) is 0 Å². The maximum Gasteiger partial charge on any atom is 2.00 e. The Kier molecular flexibility index (Phi) is 18.7. The summed E-state index contributed by atoms with van der Waals surface area (Å²) >= 11 is 0. The molecule has 2 aliphatic rings. The maximum atomic E-state index is 10.8. The first kappa shape index (κ1) is 35.5. The number of Topliss-reactive ketones (excluding diaryl/α,β-unsaturated/α-hetero) is 2. The van der Waals surface area contributed by atoms with E-state index in [9.17, 15) is 9.59 Å². The van der Waals surface area contributed by atoms with Crippen LogP contribution in [0.25, 0.3) is 0 Å². The van der Waals surface area contributed by atoms with Crippen LogP contribution in [0.4, 0.5) is 0 Å². The number of carbonyl (C=O) groups is 2. The van der Waals surface area contributed by atoms with Crippen LogP contribution in [0.15, 0.2) is 64.8 Å². The first-order valence-electron chi connectivity index (χ1n) is 9.86. The normalized spacial score (nSPS) is 13.9. The Hall–Kier alpha value is -2.12. The molecule has 3 rings (SSSR count). The third kappa shape index (κ3) is 13.2. The molecule has 0 spiro atoms. The van der Waals surface area contributed by atoms with Crippen molar-refractivity contribution in [2.24, 2.45) is 0 Å². The summed E-state index contributed by atoms with van der Waals surface area (Å²) in [5.74, 6) is -0.254. The number of hydrogen-bond acceptors (Lipinski definition) is 5. The fraction of sp³-hybridized carbons (Fsp3) is 0.320. The summed E-state index contributed by atoms with van der Waals surface area (Å²) in [5.41, 5.74) is 6.95. The molecule has 2 N–H and O–H groups in total. The molecule has 33 heavy (non-hydrogen) atoms. The first-order chi connectivity index (χ1) is 14.0. The molecule has 181 valence electrons. The van der Waals surface area contributed by atoms with Crippen LogP contribution >= 0.6 is 0 Å². The van der Waals surface area contributed by atoms with Gasteiger partial charge >= 0.3 is 16.8 Å². The van der Waals surface area contributed by atoms with Crippen LogP contribution in [-0.2, 0) is 16.8 Å². The number of ketones is 2. The third-order valence-corrected chi connectivity index (χ3v) is 4.57. The van der Waals surface area contributed by atoms with E-state index in [1.165, 1.54) is 25.0 Å². The molecule has 1 heterocycles. The van der Waals surface area contributed by atoms with Crippen LogP contribution in [-0.4, -0.2) is 28.0 Å². The molecule has 1 aromatic heterocycles. The summed E-state index contributed by atoms with van der Waals surface area (Å²) in [6, 6.07) is 4.84. The number of allylic oxidation sites excluding steroid dienone is 8. The predicted octanol–water partition coefficient (Wildman–Crippen LogP) is 0.0972. The van der Waals surface area contributed by atoms with E-state index in [4.69, 9.17) is 10.8 Å². The van der Waals surface area contributed by atoms with Crippen LogP contribution in [0.3, 0.4) is 0 Å². The minimum Gasteiger partial charge on any atom is -1.00 e. The third-order valence-electron chi connectivity index (χ3n) is 4.57. The van der Waals surface area contributed by atoms with Gasteiger partial charge in [-0.2, -0.15) is 0 Å². The van der Waals surface area contributed by atoms with Gasteiger partial charge in [0.1, 0.15) is 11.4 Å². The van der Waals surface area contributed by atoms with E-state index >= 15 is 0 Å². The van der Waals surface area contributed by atoms with Crippen molar-refractivity contribution in [3.05, 3.63) is 76.2 Å². The number of halogens is 2. The Bertz CT molecular complexity index is 918. The van der Waals surface area contributed by atoms with Crippen molar-refractivity contribution < 1.29 is 51.2 Å². The molecule has 0 aliphatic heterocycles. The fourth-order valence-corrected chi connectivity index (χ4v) is 2.65. The van der Waals surface area contributed by atoms with E-state index in [1.54, 1.807) is 18.2 Å². The van der Waals surface area contributed by atoms with Crippen molar-refractivity contribution in [2.75, 3.05) is 0 Å². The Morgan fingerprint density at radius 3 is 1.33 bits per heavy atom. The molecule has 0 saturated carbocycles. The Morgan fingerprint density at radius 2 is 1.09 bits per heavy atom. The van der Waals surface area contributed by atoms with Crippen LogP contribution in [0.5, 0.6) is 0 Å². The van der Waals surface area contributed by atoms with E-state index in [0.29, 0.717) is 11.4 Å². The zero-order chi connectivity index (χ0) is 22.8. The van der Waals surface area contributed by atoms with Crippen LogP contribution in [0.2, 0.25) is 0 Å². The molecule has 1 radical (unpaired) electrons. The summed E-state index contributed by atoms with van der Waals surface area (Å²) in [7, 11) is 0. The van der Waals surface area contributed by atoms with Gasteiger partial charge in [-0.25, -0.2) is 4.98 Å². The number of aromatic nitrogens is 1. The monoisotopic (exact) mass is 534 g/mol. The second-order valence-electron chi connectivity index (χ2n) is 7.44. The predicted molar refractivity (Wildman–Crippen MR) is 124 cm³/mol. The number of nitrogens with zero attached hydrogens (tertiary/aromatic N) is 1. The zero-order valence-corrected chi connectivity index (χ0v) is 22.4. The molecule has 8 heteroatoms. The van der Waals surface area contributed by atoms with Crippen LogP contribution in [0, 0.1) is 10.8 Å². The second-order valence-corrected chi connectivity index (χ2v) is 7.44. The van der Waals surface area contributed by atoms with Gasteiger partial charge in [0.05, 0.1) is 0 Å². The Morgan fingerprint density at radius 1 is 0.758 bits per heavy atom. The maximum absolute atomic E-state index is 10.8. The van der Waals surface area contributed by atoms with Crippen molar-refractivity contribution >= 4 is 23.0 Å². The number of carbonyl (C=O) groups excluding carboxylic acids is 2. The molecule has 1 aromatic rings. The number of pyridine rings is 1. The van der Waals surface area contributed by atoms with Crippen molar-refractivity contribution in [3.8, 4) is 0 Å². The quantitative estimate of drug-likeness (QED) is 0.527. The molecule has 0 saturated heterocycles. The number of hydrogen-bond donors (Lipinski definition) is 2. The second kappa shape index (κ2) is 17.4. The number of rotatable bonds is 2. The van der Waals surface area contributed by atoms with E-state index in [2.05, 4.69) is 31.0 Å². The summed E-state index contributed by atoms with van der Waals surface area (Å²) in [5, 5.41) is 14.7. The first-order valence-corrected chi connectivity index (χ1v) is 9.86. The Balaban J connectivity index is -0.000000396. The van der Waals surface area contributed by atoms with Gasteiger partial charge < -0.3 is 35.6 Å². The molecule has 0 amide bonds. The van der Waals surface area contributed by atoms with Gasteiger partial charge in [0.2, 0.25) is 0 Å². The van der Waals surface area contributed by atoms with Gasteiger partial charge in [0.15, 0.2) is 11.6 Å². The largest absolute Gasteiger partial charge is 2.00 e. The molecule has 2 aliphatic carbocycles. The van der Waals surface area contributed by atoms with Gasteiger partial charge in [-0.3, -0.25) is 9.59 Å². The minimum atomic E-state index is -0.127. The fourth-order valence-electron chi connectivity index (χ4n) is 2.65. The van der Waals surface area contributed by atoms with Crippen molar-refractivity contribution in [2.45, 2.75) is 54.4 Å². The van der Waals surface area contributed by atoms with Gasteiger partial charge in [-0.05, 0) is 51.0 Å². The molecular weight excluding hydrogens is 504 g/mol. The average Bonchev–Trinajstić information content (AvgIpc) is 2.69. The van der Waals surface area contributed by atoms with Crippen LogP contribution in [0.1, 0.15) is 75.4 Å². The SMILES string of the molecule is CC(=O)c1cccc(C(C)=O)n1.CC1=CCC(=N)C(C)=C1.CC1=CCC(=N)C(C)=C1.[Cl-].[Cl-].[Co+2]. The van der Waals surface area contributed by atoms with Gasteiger partial charge in [-0.15, -0.1) is 0 Å². The molecule has 0 atom stereocenters. The zero-order valence-electron chi connectivity index (χ0n) is 19.8. The summed E-state index contributed by atoms with van der Waals surface area (Å²) in [6.07, 6.45) is 9.88. The minimum absolute atomic E-state index is 0. The summed E-state index contributed by atoms with van der Waals surface area (Å²) in [6.45, 7) is 10.9. The Labute approximate surface area is 220 Å². The number of nitrogens with one attached hydrogen (secondary N) is 2. The van der Waals surface area contributed by atoms with Crippen LogP contribution < -0.4 is 24.8 Å². The smallest absolute Gasteiger partial charge is 1.00 e. The van der Waals surface area contributed by atoms with E-state index in [1.807, 2.05) is 26.0 Å². The molecule has 5 nitrogen and oxygen atoms in total. The summed E-state index contributed by atoms with van der Waals surface area (Å²) in [4.78, 5) is 25.6. The van der Waals surface area contributed by atoms with Gasteiger partial charge in [0, 0.05) is 38.1 Å². The molecule has 0 bridgehead atoms. The van der Waals surface area contributed by atoms with E-state index in [-0.39, 0.29) is 53.2 Å². The van der Waals surface area contributed by atoms with Crippen molar-refractivity contribution in [1.29, 1.82) is 10.8 Å². The average molecular weight is 535 g/mol. The van der Waals surface area contributed by atoms with Crippen molar-refractivity contribution in [3.63, 3.8) is 0 Å². The van der Waals surface area contributed by atoms with E-state index in [0.717, 1.165) is 35.4 Å². The van der Waals surface area contributed by atoms with Gasteiger partial charge in [-0.1, -0.05) is 41.5 Å². The topological polar surface area (TPSA) is 94.7 Å². The summed E-state index contributed by atoms with van der Waals surface area (Å²) < 4.78 is 0. The standard InChI is InChI=1S/C9H9NO2.2C8H11N.2ClH.Co/c1-6(11)8-4-3-5-9(10-8)7(2)12;2*1-6-3-4-8(9)7(2)5-6;;;/h3-5H,1-2H3;2*3,5,9H,4H2,1-2H3;2*1H;/q;;;;;+2/p-2. The van der Waals surface area contributed by atoms with Crippen molar-refractivity contribution in [1.82, 2.24) is 4.98 Å². The molecular formula is C25H31Cl2CoN3O2.